The first kappa shape index (κ1) is 20.7. The standard InChI is InChI=1S/C21H22ClN3O4/c1-2-11-23-21(28)18-13-25(16-5-3-4-6-17(16)29-18)19(26)12-24-20(27)14-7-9-15(22)10-8-14/h3-10,18H,2,11-13H2,1H3,(H,23,28)(H,24,27)/t18-/m0/s1. The minimum atomic E-state index is -0.813. The summed E-state index contributed by atoms with van der Waals surface area (Å²) in [4.78, 5) is 38.9. The van der Waals surface area contributed by atoms with Crippen LogP contribution in [0.5, 0.6) is 5.75 Å². The molecule has 1 aliphatic heterocycles. The van der Waals surface area contributed by atoms with Crippen LogP contribution in [0.1, 0.15) is 23.7 Å². The van der Waals surface area contributed by atoms with Gasteiger partial charge in [0.2, 0.25) is 5.91 Å². The molecule has 1 aliphatic rings. The second-order valence-corrected chi connectivity index (χ2v) is 7.00. The number of halogens is 1. The lowest BCUT2D eigenvalue weighted by atomic mass is 10.1. The maximum absolute atomic E-state index is 12.8. The first-order valence-corrected chi connectivity index (χ1v) is 9.75. The Balaban J connectivity index is 1.69. The maximum atomic E-state index is 12.8. The molecule has 0 unspecified atom stereocenters. The number of hydrogen-bond donors (Lipinski definition) is 2. The van der Waals surface area contributed by atoms with Gasteiger partial charge in [0.05, 0.1) is 18.8 Å². The molecule has 3 amide bonds. The second kappa shape index (κ2) is 9.43. The van der Waals surface area contributed by atoms with Crippen molar-refractivity contribution in [1.82, 2.24) is 10.6 Å². The Morgan fingerprint density at radius 1 is 1.10 bits per heavy atom. The van der Waals surface area contributed by atoms with Crippen LogP contribution in [0.3, 0.4) is 0 Å². The third-order valence-electron chi connectivity index (χ3n) is 4.42. The van der Waals surface area contributed by atoms with Crippen LogP contribution in [0.25, 0.3) is 0 Å². The highest BCUT2D eigenvalue weighted by molar-refractivity contribution is 6.30. The van der Waals surface area contributed by atoms with Crippen LogP contribution in [0, 0.1) is 0 Å². The zero-order valence-electron chi connectivity index (χ0n) is 16.0. The molecule has 2 N–H and O–H groups in total. The number of carbonyl (C=O) groups excluding carboxylic acids is 3. The van der Waals surface area contributed by atoms with Crippen molar-refractivity contribution >= 4 is 35.0 Å². The second-order valence-electron chi connectivity index (χ2n) is 6.56. The van der Waals surface area contributed by atoms with E-state index < -0.39 is 6.10 Å². The predicted molar refractivity (Wildman–Crippen MR) is 110 cm³/mol. The molecule has 0 bridgehead atoms. The summed E-state index contributed by atoms with van der Waals surface area (Å²) >= 11 is 5.83. The Bertz CT molecular complexity index is 901. The summed E-state index contributed by atoms with van der Waals surface area (Å²) < 4.78 is 5.77. The number of anilines is 1. The van der Waals surface area contributed by atoms with Crippen molar-refractivity contribution in [3.63, 3.8) is 0 Å². The Morgan fingerprint density at radius 2 is 1.83 bits per heavy atom. The van der Waals surface area contributed by atoms with Crippen LogP contribution < -0.4 is 20.3 Å². The van der Waals surface area contributed by atoms with Gasteiger partial charge in [0, 0.05) is 17.1 Å². The summed E-state index contributed by atoms with van der Waals surface area (Å²) in [5, 5.41) is 5.92. The van der Waals surface area contributed by atoms with Crippen LogP contribution in [0.2, 0.25) is 5.02 Å². The monoisotopic (exact) mass is 415 g/mol. The number of carbonyl (C=O) groups is 3. The number of para-hydroxylation sites is 2. The highest BCUT2D eigenvalue weighted by atomic mass is 35.5. The van der Waals surface area contributed by atoms with E-state index in [4.69, 9.17) is 16.3 Å². The molecular formula is C21H22ClN3O4. The Kier molecular flexibility index (Phi) is 6.72. The number of fused-ring (bicyclic) bond motifs is 1. The molecule has 7 nitrogen and oxygen atoms in total. The van der Waals surface area contributed by atoms with Gasteiger partial charge in [-0.25, -0.2) is 0 Å². The van der Waals surface area contributed by atoms with Gasteiger partial charge in [-0.1, -0.05) is 30.7 Å². The van der Waals surface area contributed by atoms with Gasteiger partial charge in [0.25, 0.3) is 11.8 Å². The van der Waals surface area contributed by atoms with Crippen molar-refractivity contribution in [2.24, 2.45) is 0 Å². The van der Waals surface area contributed by atoms with E-state index in [0.29, 0.717) is 28.6 Å². The van der Waals surface area contributed by atoms with E-state index in [2.05, 4.69) is 10.6 Å². The van der Waals surface area contributed by atoms with Gasteiger partial charge >= 0.3 is 0 Å². The van der Waals surface area contributed by atoms with Crippen molar-refractivity contribution in [2.45, 2.75) is 19.4 Å². The van der Waals surface area contributed by atoms with E-state index in [9.17, 15) is 14.4 Å². The van der Waals surface area contributed by atoms with Crippen LogP contribution in [-0.4, -0.2) is 43.5 Å². The summed E-state index contributed by atoms with van der Waals surface area (Å²) in [5.41, 5.74) is 0.971. The van der Waals surface area contributed by atoms with Gasteiger partial charge in [0.1, 0.15) is 5.75 Å². The molecule has 0 saturated carbocycles. The van der Waals surface area contributed by atoms with Gasteiger partial charge in [0.15, 0.2) is 6.10 Å². The number of ether oxygens (including phenoxy) is 1. The van der Waals surface area contributed by atoms with Crippen molar-refractivity contribution in [3.05, 3.63) is 59.1 Å². The van der Waals surface area contributed by atoms with Crippen molar-refractivity contribution < 1.29 is 19.1 Å². The molecular weight excluding hydrogens is 394 g/mol. The molecule has 0 aromatic heterocycles. The molecule has 152 valence electrons. The minimum Gasteiger partial charge on any atom is -0.477 e. The summed E-state index contributed by atoms with van der Waals surface area (Å²) in [5.74, 6) is -0.540. The van der Waals surface area contributed by atoms with Crippen LogP contribution in [-0.2, 0) is 9.59 Å². The van der Waals surface area contributed by atoms with Crippen molar-refractivity contribution in [2.75, 3.05) is 24.5 Å². The van der Waals surface area contributed by atoms with Gasteiger partial charge in [-0.3, -0.25) is 14.4 Å². The highest BCUT2D eigenvalue weighted by Crippen LogP contribution is 2.33. The Morgan fingerprint density at radius 3 is 2.55 bits per heavy atom. The molecule has 3 rings (SSSR count). The molecule has 0 spiro atoms. The predicted octanol–water partition coefficient (Wildman–Crippen LogP) is 2.39. The Hall–Kier alpha value is -3.06. The summed E-state index contributed by atoms with van der Waals surface area (Å²) in [6.45, 7) is 2.35. The molecule has 0 fully saturated rings. The van der Waals surface area contributed by atoms with Crippen LogP contribution in [0.4, 0.5) is 5.69 Å². The quantitative estimate of drug-likeness (QED) is 0.758. The smallest absolute Gasteiger partial charge is 0.262 e. The van der Waals surface area contributed by atoms with Crippen molar-refractivity contribution in [3.8, 4) is 5.75 Å². The number of hydrogen-bond acceptors (Lipinski definition) is 4. The Labute approximate surface area is 174 Å². The average Bonchev–Trinajstić information content (AvgIpc) is 2.75. The third-order valence-corrected chi connectivity index (χ3v) is 4.67. The largest absolute Gasteiger partial charge is 0.477 e. The van der Waals surface area contributed by atoms with Crippen LogP contribution >= 0.6 is 11.6 Å². The molecule has 0 aliphatic carbocycles. The highest BCUT2D eigenvalue weighted by Gasteiger charge is 2.33. The number of rotatable bonds is 6. The van der Waals surface area contributed by atoms with E-state index in [-0.39, 0.29) is 30.8 Å². The number of nitrogens with zero attached hydrogens (tertiary/aromatic N) is 1. The fraction of sp³-hybridized carbons (Fsp3) is 0.286. The van der Waals surface area contributed by atoms with Crippen LogP contribution in [0.15, 0.2) is 48.5 Å². The van der Waals surface area contributed by atoms with E-state index in [1.54, 1.807) is 48.5 Å². The molecule has 2 aromatic carbocycles. The van der Waals surface area contributed by atoms with E-state index in [1.165, 1.54) is 4.90 Å². The zero-order valence-corrected chi connectivity index (χ0v) is 16.7. The van der Waals surface area contributed by atoms with Gasteiger partial charge in [-0.15, -0.1) is 0 Å². The molecule has 0 radical (unpaired) electrons. The number of amides is 3. The van der Waals surface area contributed by atoms with Gasteiger partial charge < -0.3 is 20.3 Å². The minimum absolute atomic E-state index is 0.0716. The summed E-state index contributed by atoms with van der Waals surface area (Å²) in [7, 11) is 0. The van der Waals surface area contributed by atoms with Crippen molar-refractivity contribution in [1.29, 1.82) is 0 Å². The number of benzene rings is 2. The molecule has 1 atom stereocenters. The normalized spacial score (nSPS) is 15.1. The number of nitrogens with one attached hydrogen (secondary N) is 2. The lowest BCUT2D eigenvalue weighted by Gasteiger charge is -2.34. The third kappa shape index (κ3) is 5.06. The summed E-state index contributed by atoms with van der Waals surface area (Å²) in [6, 6.07) is 13.4. The first-order chi connectivity index (χ1) is 14.0. The SMILES string of the molecule is CCCNC(=O)[C@@H]1CN(C(=O)CNC(=O)c2ccc(Cl)cc2)c2ccccc2O1. The molecule has 29 heavy (non-hydrogen) atoms. The van der Waals surface area contributed by atoms with E-state index in [0.717, 1.165) is 6.42 Å². The first-order valence-electron chi connectivity index (χ1n) is 9.37. The van der Waals surface area contributed by atoms with E-state index >= 15 is 0 Å². The van der Waals surface area contributed by atoms with Gasteiger partial charge in [-0.05, 0) is 42.8 Å². The van der Waals surface area contributed by atoms with Gasteiger partial charge in [-0.2, -0.15) is 0 Å². The molecule has 8 heteroatoms. The lowest BCUT2D eigenvalue weighted by molar-refractivity contribution is -0.128. The average molecular weight is 416 g/mol. The maximum Gasteiger partial charge on any atom is 0.262 e. The summed E-state index contributed by atoms with van der Waals surface area (Å²) in [6.07, 6.45) is -0.0126. The fourth-order valence-electron chi connectivity index (χ4n) is 2.92. The van der Waals surface area contributed by atoms with E-state index in [1.807, 2.05) is 6.92 Å². The lowest BCUT2D eigenvalue weighted by Crippen LogP contribution is -2.52. The molecule has 1 heterocycles. The topological polar surface area (TPSA) is 87.7 Å². The molecule has 2 aromatic rings. The molecule has 0 saturated heterocycles. The zero-order chi connectivity index (χ0) is 20.8. The fourth-order valence-corrected chi connectivity index (χ4v) is 3.05.